The molecule has 2 aromatic heterocycles. The Hall–Kier alpha value is -3.50. The van der Waals surface area contributed by atoms with Crippen molar-refractivity contribution in [1.82, 2.24) is 9.97 Å². The number of halogens is 1. The van der Waals surface area contributed by atoms with Gasteiger partial charge in [0.2, 0.25) is 0 Å². The third-order valence-electron chi connectivity index (χ3n) is 5.04. The van der Waals surface area contributed by atoms with Gasteiger partial charge in [0.1, 0.15) is 23.5 Å². The summed E-state index contributed by atoms with van der Waals surface area (Å²) >= 11 is 3.12. The maximum Gasteiger partial charge on any atom is 0.356 e. The molecule has 1 saturated carbocycles. The number of esters is 2. The van der Waals surface area contributed by atoms with E-state index in [1.54, 1.807) is 18.2 Å². The Morgan fingerprint density at radius 2 is 1.48 bits per heavy atom. The fourth-order valence-electron chi connectivity index (χ4n) is 3.34. The number of methoxy groups -OCH3 is 2. The molecule has 0 amide bonds. The molecule has 0 N–H and O–H groups in total. The summed E-state index contributed by atoms with van der Waals surface area (Å²) in [5.74, 6) is 0.514. The number of fused-ring (bicyclic) bond motifs is 1. The molecule has 3 heterocycles. The first-order valence-electron chi connectivity index (χ1n) is 9.31. The predicted molar refractivity (Wildman–Crippen MR) is 112 cm³/mol. The molecule has 1 aliphatic carbocycles. The van der Waals surface area contributed by atoms with Gasteiger partial charge in [0.05, 0.1) is 24.4 Å². The Morgan fingerprint density at radius 3 is 2.00 bits per heavy atom. The van der Waals surface area contributed by atoms with Crippen LogP contribution in [0.1, 0.15) is 38.8 Å². The minimum absolute atomic E-state index is 0.127. The molecule has 4 rings (SSSR count). The number of hydrogen-bond donors (Lipinski definition) is 0. The van der Waals surface area contributed by atoms with E-state index in [4.69, 9.17) is 10.5 Å². The molecule has 2 aromatic rings. The third-order valence-corrected chi connectivity index (χ3v) is 5.68. The zero-order valence-corrected chi connectivity index (χ0v) is 18.4. The highest BCUT2D eigenvalue weighted by molar-refractivity contribution is 9.10. The summed E-state index contributed by atoms with van der Waals surface area (Å²) in [4.78, 5) is 32.4. The molecule has 158 valence electrons. The summed E-state index contributed by atoms with van der Waals surface area (Å²) in [6, 6.07) is 10.4. The highest BCUT2D eigenvalue weighted by atomic mass is 79.9. The Balaban J connectivity index is 0.000000187. The molecule has 2 atom stereocenters. The van der Waals surface area contributed by atoms with Crippen molar-refractivity contribution in [2.75, 3.05) is 32.2 Å². The number of piperidine rings is 1. The highest BCUT2D eigenvalue weighted by Crippen LogP contribution is 2.46. The van der Waals surface area contributed by atoms with Crippen molar-refractivity contribution < 1.29 is 19.1 Å². The Labute approximate surface area is 187 Å². The number of pyridine rings is 2. The lowest BCUT2D eigenvalue weighted by atomic mass is 10.2. The highest BCUT2D eigenvalue weighted by Gasteiger charge is 2.45. The molecule has 2 fully saturated rings. The Morgan fingerprint density at radius 1 is 0.968 bits per heavy atom. The van der Waals surface area contributed by atoms with Crippen molar-refractivity contribution in [3.63, 3.8) is 0 Å². The average molecular weight is 484 g/mol. The van der Waals surface area contributed by atoms with E-state index in [2.05, 4.69) is 46.3 Å². The summed E-state index contributed by atoms with van der Waals surface area (Å²) < 4.78 is 9.61. The van der Waals surface area contributed by atoms with Crippen LogP contribution in [-0.2, 0) is 9.47 Å². The molecule has 0 aromatic carbocycles. The zero-order chi connectivity index (χ0) is 22.5. The fraction of sp³-hybridized carbons (Fsp3) is 0.333. The average Bonchev–Trinajstić information content (AvgIpc) is 3.42. The molecule has 0 bridgehead atoms. The second kappa shape index (κ2) is 9.54. The van der Waals surface area contributed by atoms with E-state index in [1.165, 1.54) is 26.7 Å². The van der Waals surface area contributed by atoms with Crippen molar-refractivity contribution in [3.05, 3.63) is 51.5 Å². The van der Waals surface area contributed by atoms with E-state index in [0.717, 1.165) is 30.6 Å². The van der Waals surface area contributed by atoms with Crippen LogP contribution in [-0.4, -0.2) is 49.2 Å². The van der Waals surface area contributed by atoms with Gasteiger partial charge in [-0.05, 0) is 58.5 Å². The zero-order valence-electron chi connectivity index (χ0n) is 16.8. The largest absolute Gasteiger partial charge is 0.464 e. The molecule has 31 heavy (non-hydrogen) atoms. The molecule has 1 saturated heterocycles. The maximum atomic E-state index is 11.4. The number of nitrogens with zero attached hydrogens (tertiary/aromatic N) is 5. The predicted octanol–water partition coefficient (Wildman–Crippen LogP) is 2.70. The van der Waals surface area contributed by atoms with Crippen molar-refractivity contribution in [2.45, 2.75) is 6.42 Å². The minimum Gasteiger partial charge on any atom is -0.464 e. The number of rotatable bonds is 3. The number of ether oxygens (including phenoxy) is 2. The molecule has 2 aliphatic rings. The molecule has 0 spiro atoms. The summed E-state index contributed by atoms with van der Waals surface area (Å²) in [6.45, 7) is 2.00. The number of carbonyl (C=O) groups excluding carboxylic acids is 2. The van der Waals surface area contributed by atoms with E-state index >= 15 is 0 Å². The molecule has 0 radical (unpaired) electrons. The summed E-state index contributed by atoms with van der Waals surface area (Å²) in [6.07, 6.45) is 1.31. The van der Waals surface area contributed by atoms with E-state index < -0.39 is 11.9 Å². The number of nitriles is 2. The van der Waals surface area contributed by atoms with Crippen LogP contribution in [0.3, 0.4) is 0 Å². The van der Waals surface area contributed by atoms with Crippen LogP contribution in [0.4, 0.5) is 5.69 Å². The van der Waals surface area contributed by atoms with Crippen molar-refractivity contribution >= 4 is 33.6 Å². The fourth-order valence-corrected chi connectivity index (χ4v) is 3.65. The third kappa shape index (κ3) is 4.98. The quantitative estimate of drug-likeness (QED) is 0.604. The minimum atomic E-state index is -0.552. The number of aromatic nitrogens is 2. The number of anilines is 1. The van der Waals surface area contributed by atoms with Crippen LogP contribution in [0.25, 0.3) is 0 Å². The Kier molecular flexibility index (Phi) is 6.83. The first kappa shape index (κ1) is 22.2. The standard InChI is InChI=1S/C13H13N3O2.C8H5BrN2O2/c1-18-13(17)10-2-3-12(11(5-14)15-10)16-6-8-4-9(8)7-16;1-13-8(12)6-3-2-5(9)7(4-10)11-6/h2-3,8-9H,4,6-7H2,1H3;2-3H,1H3. The molecule has 9 nitrogen and oxygen atoms in total. The summed E-state index contributed by atoms with van der Waals surface area (Å²) in [5, 5.41) is 17.7. The van der Waals surface area contributed by atoms with Crippen LogP contribution in [0.15, 0.2) is 28.7 Å². The van der Waals surface area contributed by atoms with E-state index in [-0.39, 0.29) is 17.1 Å². The van der Waals surface area contributed by atoms with Gasteiger partial charge >= 0.3 is 11.9 Å². The van der Waals surface area contributed by atoms with Gasteiger partial charge in [-0.25, -0.2) is 19.6 Å². The van der Waals surface area contributed by atoms with Crippen molar-refractivity contribution in [1.29, 1.82) is 10.5 Å². The summed E-state index contributed by atoms with van der Waals surface area (Å²) in [5.41, 5.74) is 1.61. The van der Waals surface area contributed by atoms with E-state index in [9.17, 15) is 9.59 Å². The van der Waals surface area contributed by atoms with Crippen LogP contribution in [0.2, 0.25) is 0 Å². The van der Waals surface area contributed by atoms with E-state index in [0.29, 0.717) is 10.2 Å². The van der Waals surface area contributed by atoms with Gasteiger partial charge in [-0.15, -0.1) is 0 Å². The van der Waals surface area contributed by atoms with Crippen LogP contribution < -0.4 is 4.90 Å². The molecular weight excluding hydrogens is 466 g/mol. The van der Waals surface area contributed by atoms with Gasteiger partial charge in [0, 0.05) is 13.1 Å². The topological polar surface area (TPSA) is 129 Å². The number of hydrogen-bond acceptors (Lipinski definition) is 9. The molecular formula is C21H18BrN5O4. The van der Waals surface area contributed by atoms with Gasteiger partial charge in [-0.3, -0.25) is 0 Å². The first-order chi connectivity index (χ1) is 14.9. The monoisotopic (exact) mass is 483 g/mol. The maximum absolute atomic E-state index is 11.4. The lowest BCUT2D eigenvalue weighted by Crippen LogP contribution is -2.23. The van der Waals surface area contributed by atoms with E-state index in [1.807, 2.05) is 6.07 Å². The summed E-state index contributed by atoms with van der Waals surface area (Å²) in [7, 11) is 2.57. The van der Waals surface area contributed by atoms with Crippen LogP contribution >= 0.6 is 15.9 Å². The SMILES string of the molecule is COC(=O)c1ccc(Br)c(C#N)n1.COC(=O)c1ccc(N2CC3CC3C2)c(C#N)n1. The lowest BCUT2D eigenvalue weighted by Gasteiger charge is -2.20. The normalized spacial score (nSPS) is 17.9. The van der Waals surface area contributed by atoms with Gasteiger partial charge in [-0.2, -0.15) is 10.5 Å². The second-order valence-electron chi connectivity index (χ2n) is 6.96. The van der Waals surface area contributed by atoms with Crippen molar-refractivity contribution in [3.8, 4) is 12.1 Å². The smallest absolute Gasteiger partial charge is 0.356 e. The molecule has 2 unspecified atom stereocenters. The van der Waals surface area contributed by atoms with Crippen molar-refractivity contribution in [2.24, 2.45) is 11.8 Å². The van der Waals surface area contributed by atoms with Gasteiger partial charge in [0.25, 0.3) is 0 Å². The van der Waals surface area contributed by atoms with Crippen LogP contribution in [0, 0.1) is 34.5 Å². The van der Waals surface area contributed by atoms with Crippen LogP contribution in [0.5, 0.6) is 0 Å². The van der Waals surface area contributed by atoms with Gasteiger partial charge < -0.3 is 14.4 Å². The molecule has 10 heteroatoms. The Bertz CT molecular complexity index is 1100. The molecule has 1 aliphatic heterocycles. The number of carbonyl (C=O) groups is 2. The lowest BCUT2D eigenvalue weighted by molar-refractivity contribution is 0.0585. The second-order valence-corrected chi connectivity index (χ2v) is 7.81. The van der Waals surface area contributed by atoms with Gasteiger partial charge in [0.15, 0.2) is 11.4 Å². The first-order valence-corrected chi connectivity index (χ1v) is 10.1. The van der Waals surface area contributed by atoms with Gasteiger partial charge in [-0.1, -0.05) is 0 Å².